The summed E-state index contributed by atoms with van der Waals surface area (Å²) in [7, 11) is 1.33. The number of ether oxygens (including phenoxy) is 1. The van der Waals surface area contributed by atoms with E-state index in [9.17, 15) is 9.18 Å². The lowest BCUT2D eigenvalue weighted by atomic mass is 10.1. The molecule has 0 unspecified atom stereocenters. The van der Waals surface area contributed by atoms with Crippen LogP contribution in [0.25, 0.3) is 11.0 Å². The highest BCUT2D eigenvalue weighted by Gasteiger charge is 2.11. The zero-order valence-electron chi connectivity index (χ0n) is 11.7. The SMILES string of the molecule is COC(=O)c1ccc2nc(Cc3ccc(Br)cc3F)[nH]c2c1. The summed E-state index contributed by atoms with van der Waals surface area (Å²) in [6, 6.07) is 9.99. The van der Waals surface area contributed by atoms with E-state index in [2.05, 4.69) is 30.6 Å². The Labute approximate surface area is 134 Å². The van der Waals surface area contributed by atoms with Gasteiger partial charge in [-0.1, -0.05) is 22.0 Å². The van der Waals surface area contributed by atoms with Gasteiger partial charge in [-0.3, -0.25) is 0 Å². The Hall–Kier alpha value is -2.21. The second-order valence-electron chi connectivity index (χ2n) is 4.82. The number of imidazole rings is 1. The first kappa shape index (κ1) is 14.7. The molecule has 0 spiro atoms. The molecule has 6 heteroatoms. The van der Waals surface area contributed by atoms with E-state index < -0.39 is 5.97 Å². The minimum absolute atomic E-state index is 0.287. The van der Waals surface area contributed by atoms with Crippen LogP contribution in [0.4, 0.5) is 4.39 Å². The van der Waals surface area contributed by atoms with Crippen LogP contribution in [0.1, 0.15) is 21.7 Å². The fraction of sp³-hybridized carbons (Fsp3) is 0.125. The molecule has 4 nitrogen and oxygen atoms in total. The van der Waals surface area contributed by atoms with Crippen molar-refractivity contribution >= 4 is 32.9 Å². The van der Waals surface area contributed by atoms with Crippen LogP contribution < -0.4 is 0 Å². The van der Waals surface area contributed by atoms with Crippen molar-refractivity contribution < 1.29 is 13.9 Å². The Bertz CT molecular complexity index is 860. The number of benzene rings is 2. The molecule has 0 aliphatic heterocycles. The maximum Gasteiger partial charge on any atom is 0.337 e. The van der Waals surface area contributed by atoms with E-state index >= 15 is 0 Å². The number of nitrogens with zero attached hydrogens (tertiary/aromatic N) is 1. The summed E-state index contributed by atoms with van der Waals surface area (Å²) < 4.78 is 19.3. The zero-order chi connectivity index (χ0) is 15.7. The molecule has 1 N–H and O–H groups in total. The van der Waals surface area contributed by atoms with Crippen molar-refractivity contribution in [3.63, 3.8) is 0 Å². The van der Waals surface area contributed by atoms with Gasteiger partial charge in [0.15, 0.2) is 0 Å². The van der Waals surface area contributed by atoms with E-state index in [-0.39, 0.29) is 5.82 Å². The van der Waals surface area contributed by atoms with E-state index in [0.29, 0.717) is 27.8 Å². The Kier molecular flexibility index (Phi) is 3.94. The quantitative estimate of drug-likeness (QED) is 0.720. The minimum Gasteiger partial charge on any atom is -0.465 e. The fourth-order valence-corrected chi connectivity index (χ4v) is 2.57. The predicted molar refractivity (Wildman–Crippen MR) is 84.3 cm³/mol. The third-order valence-corrected chi connectivity index (χ3v) is 3.82. The number of aromatic amines is 1. The number of carbonyl (C=O) groups is 1. The fourth-order valence-electron chi connectivity index (χ4n) is 2.24. The largest absolute Gasteiger partial charge is 0.465 e. The lowest BCUT2D eigenvalue weighted by molar-refractivity contribution is 0.0601. The molecular weight excluding hydrogens is 351 g/mol. The highest BCUT2D eigenvalue weighted by atomic mass is 79.9. The van der Waals surface area contributed by atoms with Crippen molar-refractivity contribution in [2.45, 2.75) is 6.42 Å². The molecule has 0 fully saturated rings. The molecule has 0 radical (unpaired) electrons. The van der Waals surface area contributed by atoms with Gasteiger partial charge in [0.25, 0.3) is 0 Å². The number of fused-ring (bicyclic) bond motifs is 1. The van der Waals surface area contributed by atoms with E-state index in [1.54, 1.807) is 30.3 Å². The van der Waals surface area contributed by atoms with Gasteiger partial charge in [-0.05, 0) is 35.9 Å². The number of methoxy groups -OCH3 is 1. The summed E-state index contributed by atoms with van der Waals surface area (Å²) in [5.41, 5.74) is 2.44. The standard InChI is InChI=1S/C16H12BrFN2O2/c1-22-16(21)10-3-5-13-14(6-10)20-15(19-13)7-9-2-4-11(17)8-12(9)18/h2-6,8H,7H2,1H3,(H,19,20). The number of aromatic nitrogens is 2. The molecule has 112 valence electrons. The van der Waals surface area contributed by atoms with Gasteiger partial charge < -0.3 is 9.72 Å². The molecule has 22 heavy (non-hydrogen) atoms. The van der Waals surface area contributed by atoms with Gasteiger partial charge in [0, 0.05) is 10.9 Å². The Morgan fingerprint density at radius 2 is 2.14 bits per heavy atom. The highest BCUT2D eigenvalue weighted by Crippen LogP contribution is 2.20. The van der Waals surface area contributed by atoms with E-state index in [1.165, 1.54) is 13.2 Å². The number of carbonyl (C=O) groups excluding carboxylic acids is 1. The van der Waals surface area contributed by atoms with Gasteiger partial charge >= 0.3 is 5.97 Å². The Balaban J connectivity index is 1.93. The highest BCUT2D eigenvalue weighted by molar-refractivity contribution is 9.10. The smallest absolute Gasteiger partial charge is 0.337 e. The van der Waals surface area contributed by atoms with Gasteiger partial charge in [-0.15, -0.1) is 0 Å². The molecule has 1 heterocycles. The number of hydrogen-bond acceptors (Lipinski definition) is 3. The number of nitrogens with one attached hydrogen (secondary N) is 1. The summed E-state index contributed by atoms with van der Waals surface area (Å²) in [5.74, 6) is -0.0553. The first-order chi connectivity index (χ1) is 10.6. The lowest BCUT2D eigenvalue weighted by Gasteiger charge is -2.01. The average Bonchev–Trinajstić information content (AvgIpc) is 2.90. The Morgan fingerprint density at radius 1 is 1.32 bits per heavy atom. The number of esters is 1. The lowest BCUT2D eigenvalue weighted by Crippen LogP contribution is -2.00. The van der Waals surface area contributed by atoms with Crippen LogP contribution in [0, 0.1) is 5.82 Å². The third kappa shape index (κ3) is 2.87. The van der Waals surface area contributed by atoms with Crippen LogP contribution in [0.15, 0.2) is 40.9 Å². The van der Waals surface area contributed by atoms with E-state index in [4.69, 9.17) is 0 Å². The molecular formula is C16H12BrFN2O2. The van der Waals surface area contributed by atoms with Crippen molar-refractivity contribution in [2.24, 2.45) is 0 Å². The van der Waals surface area contributed by atoms with Crippen LogP contribution in [-0.2, 0) is 11.2 Å². The van der Waals surface area contributed by atoms with Crippen molar-refractivity contribution in [2.75, 3.05) is 7.11 Å². The first-order valence-electron chi connectivity index (χ1n) is 6.57. The van der Waals surface area contributed by atoms with Gasteiger partial charge in [-0.25, -0.2) is 14.2 Å². The van der Waals surface area contributed by atoms with Crippen molar-refractivity contribution in [3.8, 4) is 0 Å². The number of hydrogen-bond donors (Lipinski definition) is 1. The summed E-state index contributed by atoms with van der Waals surface area (Å²) in [4.78, 5) is 19.0. The Morgan fingerprint density at radius 3 is 2.86 bits per heavy atom. The van der Waals surface area contributed by atoms with Crippen molar-refractivity contribution in [3.05, 3.63) is 63.6 Å². The normalized spacial score (nSPS) is 10.9. The predicted octanol–water partition coefficient (Wildman–Crippen LogP) is 3.84. The monoisotopic (exact) mass is 362 g/mol. The first-order valence-corrected chi connectivity index (χ1v) is 7.37. The molecule has 0 amide bonds. The number of rotatable bonds is 3. The molecule has 3 rings (SSSR count). The zero-order valence-corrected chi connectivity index (χ0v) is 13.3. The molecule has 1 aromatic heterocycles. The molecule has 0 aliphatic carbocycles. The minimum atomic E-state index is -0.406. The van der Waals surface area contributed by atoms with Crippen LogP contribution in [-0.4, -0.2) is 23.0 Å². The van der Waals surface area contributed by atoms with E-state index in [1.807, 2.05) is 0 Å². The number of H-pyrrole nitrogens is 1. The molecule has 0 saturated carbocycles. The van der Waals surface area contributed by atoms with Crippen molar-refractivity contribution in [1.82, 2.24) is 9.97 Å². The van der Waals surface area contributed by atoms with Crippen LogP contribution >= 0.6 is 15.9 Å². The summed E-state index contributed by atoms with van der Waals surface area (Å²) in [6.45, 7) is 0. The van der Waals surface area contributed by atoms with Crippen molar-refractivity contribution in [1.29, 1.82) is 0 Å². The van der Waals surface area contributed by atoms with Crippen LogP contribution in [0.3, 0.4) is 0 Å². The molecule has 0 saturated heterocycles. The summed E-state index contributed by atoms with van der Waals surface area (Å²) in [6.07, 6.45) is 0.349. The third-order valence-electron chi connectivity index (χ3n) is 3.33. The van der Waals surface area contributed by atoms with Crippen LogP contribution in [0.2, 0.25) is 0 Å². The van der Waals surface area contributed by atoms with Gasteiger partial charge in [0.1, 0.15) is 11.6 Å². The molecule has 0 atom stereocenters. The molecule has 2 aromatic carbocycles. The van der Waals surface area contributed by atoms with Gasteiger partial charge in [0.2, 0.25) is 0 Å². The van der Waals surface area contributed by atoms with Gasteiger partial charge in [0.05, 0.1) is 23.7 Å². The summed E-state index contributed by atoms with van der Waals surface area (Å²) >= 11 is 3.23. The van der Waals surface area contributed by atoms with Crippen LogP contribution in [0.5, 0.6) is 0 Å². The van der Waals surface area contributed by atoms with Gasteiger partial charge in [-0.2, -0.15) is 0 Å². The maximum atomic E-state index is 13.9. The molecule has 3 aromatic rings. The average molecular weight is 363 g/mol. The summed E-state index contributed by atoms with van der Waals surface area (Å²) in [5, 5.41) is 0. The molecule has 0 bridgehead atoms. The molecule has 0 aliphatic rings. The topological polar surface area (TPSA) is 55.0 Å². The van der Waals surface area contributed by atoms with E-state index in [0.717, 1.165) is 11.0 Å². The second-order valence-corrected chi connectivity index (χ2v) is 5.74. The number of halogens is 2. The second kappa shape index (κ2) is 5.88. The maximum absolute atomic E-state index is 13.9.